The van der Waals surface area contributed by atoms with Gasteiger partial charge in [-0.25, -0.2) is 9.59 Å². The molecule has 0 radical (unpaired) electrons. The summed E-state index contributed by atoms with van der Waals surface area (Å²) in [6.07, 6.45) is 2.99. The Balaban J connectivity index is 2.43. The number of aliphatic carboxylic acids is 1. The molecular weight excluding hydrogens is 244 g/mol. The molecule has 1 rings (SSSR count). The number of hydrogen-bond acceptors (Lipinski definition) is 2. The van der Waals surface area contributed by atoms with E-state index >= 15 is 0 Å². The molecule has 1 unspecified atom stereocenters. The third-order valence-electron chi connectivity index (χ3n) is 4.48. The van der Waals surface area contributed by atoms with Gasteiger partial charge in [0.2, 0.25) is 0 Å². The zero-order valence-electron chi connectivity index (χ0n) is 12.3. The number of urea groups is 1. The molecule has 0 bridgehead atoms. The SMILES string of the molecule is CCC(C)[C@H](NC(=O)NCC1(C(C)C)CC1)C(=O)O. The third-order valence-corrected chi connectivity index (χ3v) is 4.48. The molecule has 0 aliphatic heterocycles. The smallest absolute Gasteiger partial charge is 0.326 e. The van der Waals surface area contributed by atoms with Gasteiger partial charge in [0.1, 0.15) is 6.04 Å². The number of carboxylic acid groups (broad SMARTS) is 1. The fourth-order valence-electron chi connectivity index (χ4n) is 2.25. The molecule has 1 aliphatic rings. The molecular formula is C14H26N2O3. The molecule has 0 spiro atoms. The molecule has 1 fully saturated rings. The first-order chi connectivity index (χ1) is 8.82. The first kappa shape index (κ1) is 15.8. The standard InChI is InChI=1S/C14H26N2O3/c1-5-10(4)11(12(17)18)16-13(19)15-8-14(6-7-14)9(2)3/h9-11H,5-8H2,1-4H3,(H,17,18)(H2,15,16,19)/t10?,11-/m0/s1. The number of carboxylic acids is 1. The minimum absolute atomic E-state index is 0.0803. The maximum Gasteiger partial charge on any atom is 0.326 e. The van der Waals surface area contributed by atoms with Crippen LogP contribution in [0.5, 0.6) is 0 Å². The summed E-state index contributed by atoms with van der Waals surface area (Å²) in [6.45, 7) is 8.69. The van der Waals surface area contributed by atoms with E-state index in [4.69, 9.17) is 5.11 Å². The van der Waals surface area contributed by atoms with Gasteiger partial charge in [-0.1, -0.05) is 34.1 Å². The highest BCUT2D eigenvalue weighted by molar-refractivity contribution is 5.82. The van der Waals surface area contributed by atoms with Gasteiger partial charge in [0.25, 0.3) is 0 Å². The van der Waals surface area contributed by atoms with Crippen molar-refractivity contribution in [3.63, 3.8) is 0 Å². The van der Waals surface area contributed by atoms with Crippen LogP contribution in [0.4, 0.5) is 4.79 Å². The zero-order chi connectivity index (χ0) is 14.6. The molecule has 1 aliphatic carbocycles. The van der Waals surface area contributed by atoms with Gasteiger partial charge < -0.3 is 15.7 Å². The van der Waals surface area contributed by atoms with Crippen LogP contribution < -0.4 is 10.6 Å². The summed E-state index contributed by atoms with van der Waals surface area (Å²) in [5, 5.41) is 14.5. The highest BCUT2D eigenvalue weighted by Gasteiger charge is 2.45. The van der Waals surface area contributed by atoms with Gasteiger partial charge in [0.05, 0.1) is 0 Å². The van der Waals surface area contributed by atoms with Crippen molar-refractivity contribution in [1.29, 1.82) is 0 Å². The highest BCUT2D eigenvalue weighted by atomic mass is 16.4. The Morgan fingerprint density at radius 3 is 2.21 bits per heavy atom. The molecule has 3 N–H and O–H groups in total. The van der Waals surface area contributed by atoms with E-state index in [-0.39, 0.29) is 17.4 Å². The number of nitrogens with one attached hydrogen (secondary N) is 2. The molecule has 5 nitrogen and oxygen atoms in total. The van der Waals surface area contributed by atoms with Crippen LogP contribution in [0.2, 0.25) is 0 Å². The second-order valence-electron chi connectivity index (χ2n) is 6.05. The van der Waals surface area contributed by atoms with E-state index in [2.05, 4.69) is 24.5 Å². The van der Waals surface area contributed by atoms with Crippen molar-refractivity contribution in [2.45, 2.75) is 53.0 Å². The summed E-state index contributed by atoms with van der Waals surface area (Å²) >= 11 is 0. The molecule has 110 valence electrons. The summed E-state index contributed by atoms with van der Waals surface area (Å²) in [5.74, 6) is -0.518. The average molecular weight is 270 g/mol. The van der Waals surface area contributed by atoms with Gasteiger partial charge in [0.15, 0.2) is 0 Å². The van der Waals surface area contributed by atoms with Gasteiger partial charge in [-0.3, -0.25) is 0 Å². The fraction of sp³-hybridized carbons (Fsp3) is 0.857. The van der Waals surface area contributed by atoms with E-state index in [1.807, 2.05) is 13.8 Å². The quantitative estimate of drug-likeness (QED) is 0.663. The molecule has 19 heavy (non-hydrogen) atoms. The first-order valence-corrected chi connectivity index (χ1v) is 7.09. The minimum atomic E-state index is -0.977. The van der Waals surface area contributed by atoms with E-state index in [0.29, 0.717) is 18.9 Å². The second-order valence-corrected chi connectivity index (χ2v) is 6.05. The van der Waals surface area contributed by atoms with Crippen molar-refractivity contribution in [3.8, 4) is 0 Å². The van der Waals surface area contributed by atoms with Crippen molar-refractivity contribution >= 4 is 12.0 Å². The van der Waals surface area contributed by atoms with Crippen LogP contribution in [0.3, 0.4) is 0 Å². The molecule has 0 aromatic carbocycles. The van der Waals surface area contributed by atoms with Crippen molar-refractivity contribution in [2.75, 3.05) is 6.54 Å². The number of amides is 2. The van der Waals surface area contributed by atoms with E-state index in [1.54, 1.807) is 0 Å². The molecule has 2 amide bonds. The third kappa shape index (κ3) is 4.11. The number of hydrogen-bond donors (Lipinski definition) is 3. The molecule has 0 heterocycles. The Morgan fingerprint density at radius 1 is 1.26 bits per heavy atom. The predicted octanol–water partition coefficient (Wildman–Crippen LogP) is 2.22. The summed E-state index contributed by atoms with van der Waals surface area (Å²) in [5.41, 5.74) is 0.229. The fourth-order valence-corrected chi connectivity index (χ4v) is 2.25. The number of carbonyl (C=O) groups excluding carboxylic acids is 1. The Kier molecular flexibility index (Phi) is 5.20. The predicted molar refractivity (Wildman–Crippen MR) is 73.9 cm³/mol. The van der Waals surface area contributed by atoms with Gasteiger partial charge in [0, 0.05) is 6.54 Å². The average Bonchev–Trinajstić information content (AvgIpc) is 3.13. The maximum absolute atomic E-state index is 11.8. The number of carbonyl (C=O) groups is 2. The normalized spacial score (nSPS) is 19.6. The Bertz CT molecular complexity index is 338. The van der Waals surface area contributed by atoms with E-state index in [1.165, 1.54) is 0 Å². The molecule has 0 saturated heterocycles. The topological polar surface area (TPSA) is 78.4 Å². The van der Waals surface area contributed by atoms with Crippen LogP contribution in [0.25, 0.3) is 0 Å². The maximum atomic E-state index is 11.8. The van der Waals surface area contributed by atoms with E-state index in [0.717, 1.165) is 12.8 Å². The van der Waals surface area contributed by atoms with Crippen LogP contribution in [0.15, 0.2) is 0 Å². The Hall–Kier alpha value is -1.26. The summed E-state index contributed by atoms with van der Waals surface area (Å²) in [7, 11) is 0. The van der Waals surface area contributed by atoms with Crippen LogP contribution in [0.1, 0.15) is 47.0 Å². The lowest BCUT2D eigenvalue weighted by molar-refractivity contribution is -0.140. The van der Waals surface area contributed by atoms with E-state index in [9.17, 15) is 9.59 Å². The van der Waals surface area contributed by atoms with Gasteiger partial charge in [-0.2, -0.15) is 0 Å². The first-order valence-electron chi connectivity index (χ1n) is 7.09. The second kappa shape index (κ2) is 6.26. The lowest BCUT2D eigenvalue weighted by atomic mass is 9.92. The molecule has 1 saturated carbocycles. The van der Waals surface area contributed by atoms with Crippen LogP contribution in [0, 0.1) is 17.3 Å². The summed E-state index contributed by atoms with van der Waals surface area (Å²) in [6, 6.07) is -1.20. The van der Waals surface area contributed by atoms with Crippen LogP contribution in [-0.4, -0.2) is 29.7 Å². The monoisotopic (exact) mass is 270 g/mol. The lowest BCUT2D eigenvalue weighted by Gasteiger charge is -2.23. The Morgan fingerprint density at radius 2 is 1.84 bits per heavy atom. The van der Waals surface area contributed by atoms with Gasteiger partial charge in [-0.15, -0.1) is 0 Å². The molecule has 0 aromatic heterocycles. The van der Waals surface area contributed by atoms with E-state index < -0.39 is 12.0 Å². The van der Waals surface area contributed by atoms with Crippen LogP contribution >= 0.6 is 0 Å². The largest absolute Gasteiger partial charge is 0.480 e. The van der Waals surface area contributed by atoms with Gasteiger partial charge in [-0.05, 0) is 30.1 Å². The Labute approximate surface area is 115 Å². The van der Waals surface area contributed by atoms with Gasteiger partial charge >= 0.3 is 12.0 Å². The lowest BCUT2D eigenvalue weighted by Crippen LogP contribution is -2.50. The molecule has 0 aromatic rings. The summed E-state index contributed by atoms with van der Waals surface area (Å²) < 4.78 is 0. The van der Waals surface area contributed by atoms with Crippen LogP contribution in [-0.2, 0) is 4.79 Å². The van der Waals surface area contributed by atoms with Crippen molar-refractivity contribution in [1.82, 2.24) is 10.6 Å². The molecule has 2 atom stereocenters. The van der Waals surface area contributed by atoms with Crippen molar-refractivity contribution in [3.05, 3.63) is 0 Å². The summed E-state index contributed by atoms with van der Waals surface area (Å²) in [4.78, 5) is 22.9. The zero-order valence-corrected chi connectivity index (χ0v) is 12.3. The number of rotatable bonds is 7. The minimum Gasteiger partial charge on any atom is -0.480 e. The highest BCUT2D eigenvalue weighted by Crippen LogP contribution is 2.51. The van der Waals surface area contributed by atoms with Crippen molar-refractivity contribution < 1.29 is 14.7 Å². The molecule has 5 heteroatoms. The van der Waals surface area contributed by atoms with Crippen molar-refractivity contribution in [2.24, 2.45) is 17.3 Å².